The van der Waals surface area contributed by atoms with Crippen molar-refractivity contribution in [2.75, 3.05) is 18.8 Å². The Labute approximate surface area is 215 Å². The van der Waals surface area contributed by atoms with Gasteiger partial charge in [-0.3, -0.25) is 9.59 Å². The van der Waals surface area contributed by atoms with E-state index in [0.29, 0.717) is 25.1 Å². The number of nitrogens with zero attached hydrogens (tertiary/aromatic N) is 1. The first-order chi connectivity index (χ1) is 16.5. The van der Waals surface area contributed by atoms with Crippen LogP contribution < -0.4 is 10.6 Å². The fourth-order valence-corrected chi connectivity index (χ4v) is 3.79. The quantitative estimate of drug-likeness (QED) is 0.217. The highest BCUT2D eigenvalue weighted by atomic mass is 32.1. The zero-order valence-corrected chi connectivity index (χ0v) is 22.7. The molecule has 0 aliphatic heterocycles. The van der Waals surface area contributed by atoms with Crippen LogP contribution in [0.15, 0.2) is 24.3 Å². The number of alkyl carbamates (subject to hydrolysis) is 1. The number of hydrogen-bond donors (Lipinski definition) is 4. The second kappa shape index (κ2) is 15.5. The largest absolute Gasteiger partial charge is 0.508 e. The van der Waals surface area contributed by atoms with Crippen molar-refractivity contribution >= 4 is 30.5 Å². The second-order valence-corrected chi connectivity index (χ2v) is 9.98. The first kappa shape index (κ1) is 30.6. The zero-order valence-electron chi connectivity index (χ0n) is 21.8. The lowest BCUT2D eigenvalue weighted by Gasteiger charge is -2.34. The van der Waals surface area contributed by atoms with Crippen molar-refractivity contribution in [1.29, 1.82) is 0 Å². The average Bonchev–Trinajstić information content (AvgIpc) is 2.79. The standard InChI is InChI=1S/C26H43N3O5S/c1-6-8-10-16-27-23(31)22(19-12-14-20(30)15-13-19)29(17-11-9-7-2)24(32)21(18-35)28-25(33)34-26(3,4)5/h12-15,21-22,30,35H,6-11,16-18H2,1-5H3,(H,27,31)(H,28,33). The number of hydrogen-bond acceptors (Lipinski definition) is 6. The van der Waals surface area contributed by atoms with Gasteiger partial charge in [-0.05, 0) is 51.3 Å². The lowest BCUT2D eigenvalue weighted by atomic mass is 10.0. The monoisotopic (exact) mass is 509 g/mol. The summed E-state index contributed by atoms with van der Waals surface area (Å²) in [4.78, 5) is 41.0. The lowest BCUT2D eigenvalue weighted by Crippen LogP contribution is -2.54. The molecule has 0 spiro atoms. The van der Waals surface area contributed by atoms with E-state index in [2.05, 4.69) is 37.1 Å². The molecule has 0 aliphatic rings. The zero-order chi connectivity index (χ0) is 26.4. The highest BCUT2D eigenvalue weighted by Gasteiger charge is 2.35. The van der Waals surface area contributed by atoms with Gasteiger partial charge in [0.05, 0.1) is 0 Å². The smallest absolute Gasteiger partial charge is 0.408 e. The number of carbonyl (C=O) groups is 3. The topological polar surface area (TPSA) is 108 Å². The van der Waals surface area contributed by atoms with Gasteiger partial charge in [-0.2, -0.15) is 12.6 Å². The molecule has 8 nitrogen and oxygen atoms in total. The van der Waals surface area contributed by atoms with Gasteiger partial charge in [0.1, 0.15) is 23.4 Å². The van der Waals surface area contributed by atoms with Crippen LogP contribution in [0.1, 0.15) is 84.7 Å². The third kappa shape index (κ3) is 11.2. The van der Waals surface area contributed by atoms with Crippen LogP contribution in [0.3, 0.4) is 0 Å². The lowest BCUT2D eigenvalue weighted by molar-refractivity contribution is -0.142. The van der Waals surface area contributed by atoms with E-state index in [9.17, 15) is 19.5 Å². The van der Waals surface area contributed by atoms with E-state index in [1.54, 1.807) is 32.9 Å². The molecule has 9 heteroatoms. The summed E-state index contributed by atoms with van der Waals surface area (Å²) < 4.78 is 5.32. The SMILES string of the molecule is CCCCCNC(=O)C(c1ccc(O)cc1)N(CCCCC)C(=O)C(CS)NC(=O)OC(C)(C)C. The van der Waals surface area contributed by atoms with E-state index in [4.69, 9.17) is 4.74 Å². The number of amides is 3. The molecule has 0 fully saturated rings. The summed E-state index contributed by atoms with van der Waals surface area (Å²) in [5.41, 5.74) is -0.141. The van der Waals surface area contributed by atoms with Gasteiger partial charge in [0, 0.05) is 18.8 Å². The van der Waals surface area contributed by atoms with E-state index >= 15 is 0 Å². The van der Waals surface area contributed by atoms with Crippen LogP contribution in [-0.4, -0.2) is 58.4 Å². The molecule has 0 saturated carbocycles. The van der Waals surface area contributed by atoms with Crippen LogP contribution in [0.5, 0.6) is 5.75 Å². The molecule has 1 aromatic carbocycles. The van der Waals surface area contributed by atoms with E-state index in [-0.39, 0.29) is 17.4 Å². The molecule has 1 rings (SSSR count). The molecule has 0 bridgehead atoms. The molecule has 198 valence electrons. The Morgan fingerprint density at radius 2 is 1.63 bits per heavy atom. The first-order valence-corrected chi connectivity index (χ1v) is 13.1. The Hall–Kier alpha value is -2.42. The molecule has 0 saturated heterocycles. The molecule has 35 heavy (non-hydrogen) atoms. The Balaban J connectivity index is 3.28. The minimum atomic E-state index is -0.970. The van der Waals surface area contributed by atoms with E-state index in [1.807, 2.05) is 0 Å². The fourth-order valence-electron chi connectivity index (χ4n) is 3.55. The van der Waals surface area contributed by atoms with Crippen molar-refractivity contribution in [3.05, 3.63) is 29.8 Å². The number of unbranched alkanes of at least 4 members (excludes halogenated alkanes) is 4. The molecular weight excluding hydrogens is 466 g/mol. The van der Waals surface area contributed by atoms with Crippen molar-refractivity contribution in [3.63, 3.8) is 0 Å². The Morgan fingerprint density at radius 1 is 1.03 bits per heavy atom. The number of benzene rings is 1. The predicted octanol–water partition coefficient (Wildman–Crippen LogP) is 4.58. The number of thiol groups is 1. The summed E-state index contributed by atoms with van der Waals surface area (Å²) in [7, 11) is 0. The summed E-state index contributed by atoms with van der Waals surface area (Å²) in [5, 5.41) is 15.3. The summed E-state index contributed by atoms with van der Waals surface area (Å²) in [5.74, 6) is -0.599. The van der Waals surface area contributed by atoms with Gasteiger partial charge in [-0.15, -0.1) is 0 Å². The fraction of sp³-hybridized carbons (Fsp3) is 0.654. The van der Waals surface area contributed by atoms with E-state index in [1.165, 1.54) is 17.0 Å². The van der Waals surface area contributed by atoms with Crippen molar-refractivity contribution in [1.82, 2.24) is 15.5 Å². The van der Waals surface area contributed by atoms with Crippen LogP contribution >= 0.6 is 12.6 Å². The number of aromatic hydroxyl groups is 1. The third-order valence-corrected chi connectivity index (χ3v) is 5.67. The van der Waals surface area contributed by atoms with Crippen LogP contribution in [0.4, 0.5) is 4.79 Å². The van der Waals surface area contributed by atoms with Crippen LogP contribution in [0.2, 0.25) is 0 Å². The predicted molar refractivity (Wildman–Crippen MR) is 142 cm³/mol. The van der Waals surface area contributed by atoms with E-state index in [0.717, 1.165) is 32.1 Å². The number of carbonyl (C=O) groups excluding carboxylic acids is 3. The van der Waals surface area contributed by atoms with Gasteiger partial charge in [0.2, 0.25) is 11.8 Å². The minimum Gasteiger partial charge on any atom is -0.508 e. The maximum absolute atomic E-state index is 13.7. The highest BCUT2D eigenvalue weighted by molar-refractivity contribution is 7.80. The summed E-state index contributed by atoms with van der Waals surface area (Å²) >= 11 is 4.29. The Morgan fingerprint density at radius 3 is 2.17 bits per heavy atom. The molecule has 0 aliphatic carbocycles. The van der Waals surface area contributed by atoms with Crippen molar-refractivity contribution in [2.24, 2.45) is 0 Å². The van der Waals surface area contributed by atoms with Crippen molar-refractivity contribution in [3.8, 4) is 5.75 Å². The maximum atomic E-state index is 13.7. The molecule has 0 aromatic heterocycles. The Bertz CT molecular complexity index is 795. The van der Waals surface area contributed by atoms with Gasteiger partial charge in [-0.25, -0.2) is 4.79 Å². The normalized spacial score (nSPS) is 13.0. The van der Waals surface area contributed by atoms with Crippen molar-refractivity contribution < 1.29 is 24.2 Å². The number of phenolic OH excluding ortho intramolecular Hbond substituents is 1. The van der Waals surface area contributed by atoms with Gasteiger partial charge < -0.3 is 25.4 Å². The number of rotatable bonds is 14. The van der Waals surface area contributed by atoms with Gasteiger partial charge in [-0.1, -0.05) is 51.7 Å². The van der Waals surface area contributed by atoms with Crippen molar-refractivity contribution in [2.45, 2.75) is 90.8 Å². The average molecular weight is 510 g/mol. The van der Waals surface area contributed by atoms with Gasteiger partial charge in [0.15, 0.2) is 0 Å². The highest BCUT2D eigenvalue weighted by Crippen LogP contribution is 2.25. The molecule has 3 N–H and O–H groups in total. The molecule has 1 aromatic rings. The van der Waals surface area contributed by atoms with Crippen LogP contribution in [0, 0.1) is 0 Å². The number of nitrogens with one attached hydrogen (secondary N) is 2. The van der Waals surface area contributed by atoms with Gasteiger partial charge >= 0.3 is 6.09 Å². The van der Waals surface area contributed by atoms with E-state index < -0.39 is 29.7 Å². The summed E-state index contributed by atoms with van der Waals surface area (Å²) in [6, 6.07) is 4.39. The molecule has 0 heterocycles. The maximum Gasteiger partial charge on any atom is 0.408 e. The molecule has 3 amide bonds. The molecule has 2 atom stereocenters. The molecule has 0 radical (unpaired) electrons. The summed E-state index contributed by atoms with van der Waals surface area (Å²) in [6.45, 7) is 10.2. The van der Waals surface area contributed by atoms with Crippen LogP contribution in [-0.2, 0) is 14.3 Å². The summed E-state index contributed by atoms with van der Waals surface area (Å²) in [6.07, 6.45) is 4.67. The third-order valence-electron chi connectivity index (χ3n) is 5.31. The minimum absolute atomic E-state index is 0.0444. The van der Waals surface area contributed by atoms with Gasteiger partial charge in [0.25, 0.3) is 0 Å². The first-order valence-electron chi connectivity index (χ1n) is 12.5. The Kier molecular flexibility index (Phi) is 13.6. The number of phenols is 1. The number of ether oxygens (including phenoxy) is 1. The molecular formula is C26H43N3O5S. The van der Waals surface area contributed by atoms with Crippen LogP contribution in [0.25, 0.3) is 0 Å². The molecule has 2 unspecified atom stereocenters. The second-order valence-electron chi connectivity index (χ2n) is 9.61.